The van der Waals surface area contributed by atoms with Gasteiger partial charge in [0.05, 0.1) is 19.2 Å². The van der Waals surface area contributed by atoms with Crippen LogP contribution in [0.25, 0.3) is 0 Å². The molecule has 0 bridgehead atoms. The molecule has 0 radical (unpaired) electrons. The van der Waals surface area contributed by atoms with Crippen molar-refractivity contribution in [3.05, 3.63) is 16.1 Å². The van der Waals surface area contributed by atoms with Gasteiger partial charge in [-0.25, -0.2) is 9.78 Å². The van der Waals surface area contributed by atoms with Crippen molar-refractivity contribution in [1.82, 2.24) is 14.8 Å². The molecular weight excluding hydrogens is 474 g/mol. The lowest BCUT2D eigenvalue weighted by atomic mass is 9.83. The standard InChI is InChI=1S/C28H43N3O4S/c1-8-15-31(23(19(3)4)13-14-26-29-22(18-36-26)28(34)35-7)27(33)21(20(5)9-2)17-25(32)24-12-10-11-16-30(24)6/h18-21,23-24H,8-12,15-17H2,1-7H3/t20-,21-,23+,24+/m0/s1. The van der Waals surface area contributed by atoms with Crippen molar-refractivity contribution in [2.75, 3.05) is 27.2 Å². The van der Waals surface area contributed by atoms with Crippen molar-refractivity contribution in [3.63, 3.8) is 0 Å². The second-order valence-electron chi connectivity index (χ2n) is 10.2. The zero-order valence-electron chi connectivity index (χ0n) is 23.0. The fourth-order valence-electron chi connectivity index (χ4n) is 4.76. The van der Waals surface area contributed by atoms with Gasteiger partial charge in [0.2, 0.25) is 5.91 Å². The third-order valence-electron chi connectivity index (χ3n) is 7.15. The van der Waals surface area contributed by atoms with E-state index in [1.807, 2.05) is 11.9 Å². The zero-order valence-corrected chi connectivity index (χ0v) is 23.8. The molecule has 7 nitrogen and oxygen atoms in total. The van der Waals surface area contributed by atoms with Crippen LogP contribution in [0.4, 0.5) is 0 Å². The van der Waals surface area contributed by atoms with Gasteiger partial charge < -0.3 is 9.64 Å². The van der Waals surface area contributed by atoms with Crippen molar-refractivity contribution in [2.24, 2.45) is 17.8 Å². The molecule has 1 aliphatic rings. The minimum atomic E-state index is -0.493. The van der Waals surface area contributed by atoms with Crippen LogP contribution in [0.3, 0.4) is 0 Å². The van der Waals surface area contributed by atoms with Crippen LogP contribution in [-0.2, 0) is 14.3 Å². The van der Waals surface area contributed by atoms with E-state index >= 15 is 0 Å². The molecule has 0 aliphatic carbocycles. The summed E-state index contributed by atoms with van der Waals surface area (Å²) in [4.78, 5) is 47.4. The summed E-state index contributed by atoms with van der Waals surface area (Å²) in [5.74, 6) is 5.87. The van der Waals surface area contributed by atoms with Crippen molar-refractivity contribution >= 4 is 29.0 Å². The molecule has 200 valence electrons. The van der Waals surface area contributed by atoms with Gasteiger partial charge >= 0.3 is 5.97 Å². The van der Waals surface area contributed by atoms with E-state index in [0.717, 1.165) is 38.6 Å². The Hall–Kier alpha value is -2.24. The molecule has 0 saturated carbocycles. The number of piperidine rings is 1. The second-order valence-corrected chi connectivity index (χ2v) is 11.0. The Morgan fingerprint density at radius 3 is 2.56 bits per heavy atom. The normalized spacial score (nSPS) is 18.6. The Morgan fingerprint density at radius 2 is 1.97 bits per heavy atom. The Kier molecular flexibility index (Phi) is 12.1. The number of likely N-dealkylation sites (tertiary alicyclic amines) is 1. The smallest absolute Gasteiger partial charge is 0.357 e. The van der Waals surface area contributed by atoms with Crippen LogP contribution in [0.1, 0.15) is 88.6 Å². The maximum atomic E-state index is 14.0. The highest BCUT2D eigenvalue weighted by atomic mass is 32.1. The number of likely N-dealkylation sites (N-methyl/N-ethyl adjacent to an activating group) is 1. The van der Waals surface area contributed by atoms with Gasteiger partial charge in [0.15, 0.2) is 16.5 Å². The van der Waals surface area contributed by atoms with Gasteiger partial charge in [-0.15, -0.1) is 11.3 Å². The monoisotopic (exact) mass is 517 g/mol. The van der Waals surface area contributed by atoms with Crippen molar-refractivity contribution in [1.29, 1.82) is 0 Å². The Morgan fingerprint density at radius 1 is 1.25 bits per heavy atom. The molecule has 1 aromatic heterocycles. The van der Waals surface area contributed by atoms with Gasteiger partial charge in [0.25, 0.3) is 0 Å². The third-order valence-corrected chi connectivity index (χ3v) is 7.91. The maximum Gasteiger partial charge on any atom is 0.357 e. The van der Waals surface area contributed by atoms with Crippen LogP contribution in [0, 0.1) is 29.6 Å². The minimum Gasteiger partial charge on any atom is -0.464 e. The number of esters is 1. The number of hydrogen-bond acceptors (Lipinski definition) is 7. The van der Waals surface area contributed by atoms with E-state index in [0.29, 0.717) is 11.6 Å². The summed E-state index contributed by atoms with van der Waals surface area (Å²) in [5.41, 5.74) is 0.234. The molecule has 0 unspecified atom stereocenters. The van der Waals surface area contributed by atoms with Crippen molar-refractivity contribution in [2.45, 2.75) is 85.2 Å². The molecule has 2 rings (SSSR count). The molecule has 1 saturated heterocycles. The molecule has 0 spiro atoms. The number of Topliss-reactive ketones (excluding diaryl/α,β-unsaturated/α-hetero) is 1. The lowest BCUT2D eigenvalue weighted by Crippen LogP contribution is -2.49. The third kappa shape index (κ3) is 7.88. The molecule has 0 aromatic carbocycles. The average molecular weight is 518 g/mol. The fraction of sp³-hybridized carbons (Fsp3) is 0.714. The lowest BCUT2D eigenvalue weighted by Gasteiger charge is -2.37. The number of carbonyl (C=O) groups excluding carboxylic acids is 3. The Labute approximate surface area is 221 Å². The molecule has 4 atom stereocenters. The van der Waals surface area contributed by atoms with Crippen LogP contribution < -0.4 is 0 Å². The Bertz CT molecular complexity index is 948. The number of aromatic nitrogens is 1. The zero-order chi connectivity index (χ0) is 26.8. The Balaban J connectivity index is 2.31. The molecular formula is C28H43N3O4S. The highest BCUT2D eigenvalue weighted by molar-refractivity contribution is 7.10. The first-order valence-electron chi connectivity index (χ1n) is 13.2. The van der Waals surface area contributed by atoms with Gasteiger partial charge in [0, 0.05) is 24.3 Å². The number of rotatable bonds is 11. The highest BCUT2D eigenvalue weighted by Crippen LogP contribution is 2.27. The quantitative estimate of drug-likeness (QED) is 0.314. The summed E-state index contributed by atoms with van der Waals surface area (Å²) in [6, 6.07) is -0.408. The first-order valence-corrected chi connectivity index (χ1v) is 14.1. The fourth-order valence-corrected chi connectivity index (χ4v) is 5.40. The van der Waals surface area contributed by atoms with Crippen LogP contribution in [0.5, 0.6) is 0 Å². The lowest BCUT2D eigenvalue weighted by molar-refractivity contribution is -0.142. The topological polar surface area (TPSA) is 79.8 Å². The largest absolute Gasteiger partial charge is 0.464 e. The van der Waals surface area contributed by atoms with Gasteiger partial charge in [-0.2, -0.15) is 0 Å². The molecule has 2 heterocycles. The predicted octanol–water partition coefficient (Wildman–Crippen LogP) is 4.65. The van der Waals surface area contributed by atoms with E-state index in [9.17, 15) is 14.4 Å². The molecule has 8 heteroatoms. The van der Waals surface area contributed by atoms with Gasteiger partial charge in [0.1, 0.15) is 0 Å². The molecule has 0 N–H and O–H groups in total. The van der Waals surface area contributed by atoms with Crippen LogP contribution >= 0.6 is 11.3 Å². The van der Waals surface area contributed by atoms with E-state index in [2.05, 4.69) is 56.3 Å². The predicted molar refractivity (Wildman–Crippen MR) is 144 cm³/mol. The summed E-state index contributed by atoms with van der Waals surface area (Å²) in [6.45, 7) is 11.8. The number of methoxy groups -OCH3 is 1. The van der Waals surface area contributed by atoms with Crippen LogP contribution in [0.15, 0.2) is 5.38 Å². The van der Waals surface area contributed by atoms with Gasteiger partial charge in [-0.05, 0) is 50.6 Å². The minimum absolute atomic E-state index is 0.0143. The molecule has 1 amide bonds. The first-order chi connectivity index (χ1) is 17.1. The number of ketones is 1. The molecule has 1 aromatic rings. The number of thiazole rings is 1. The van der Waals surface area contributed by atoms with E-state index < -0.39 is 5.97 Å². The van der Waals surface area contributed by atoms with E-state index in [4.69, 9.17) is 4.74 Å². The van der Waals surface area contributed by atoms with Gasteiger partial charge in [-0.1, -0.05) is 53.4 Å². The van der Waals surface area contributed by atoms with Crippen LogP contribution in [0.2, 0.25) is 0 Å². The number of carbonyl (C=O) groups is 3. The van der Waals surface area contributed by atoms with Crippen LogP contribution in [-0.4, -0.2) is 71.8 Å². The number of ether oxygens (including phenoxy) is 1. The second kappa shape index (κ2) is 14.5. The summed E-state index contributed by atoms with van der Waals surface area (Å²) in [6.07, 6.45) is 4.95. The summed E-state index contributed by atoms with van der Waals surface area (Å²) in [5, 5.41) is 2.14. The van der Waals surface area contributed by atoms with E-state index in [1.54, 1.807) is 5.38 Å². The molecule has 1 fully saturated rings. The summed E-state index contributed by atoms with van der Waals surface area (Å²) in [7, 11) is 3.33. The van der Waals surface area contributed by atoms with Crippen molar-refractivity contribution in [3.8, 4) is 11.8 Å². The molecule has 36 heavy (non-hydrogen) atoms. The van der Waals surface area contributed by atoms with E-state index in [-0.39, 0.29) is 53.6 Å². The number of hydrogen-bond donors (Lipinski definition) is 0. The number of amides is 1. The first kappa shape index (κ1) is 30.0. The maximum absolute atomic E-state index is 14.0. The summed E-state index contributed by atoms with van der Waals surface area (Å²) < 4.78 is 4.73. The highest BCUT2D eigenvalue weighted by Gasteiger charge is 2.36. The average Bonchev–Trinajstić information content (AvgIpc) is 3.34. The van der Waals surface area contributed by atoms with Crippen molar-refractivity contribution < 1.29 is 19.1 Å². The summed E-state index contributed by atoms with van der Waals surface area (Å²) >= 11 is 1.28. The number of nitrogens with zero attached hydrogens (tertiary/aromatic N) is 3. The van der Waals surface area contributed by atoms with E-state index in [1.165, 1.54) is 18.4 Å². The SMILES string of the molecule is CCCN(C(=O)[C@@H](CC(=O)[C@H]1CCCCN1C)[C@@H](C)CC)[C@H](C#Cc1nc(C(=O)OC)cs1)C(C)C. The van der Waals surface area contributed by atoms with Gasteiger partial charge in [-0.3, -0.25) is 14.5 Å². The molecule has 1 aliphatic heterocycles.